The normalized spacial score (nSPS) is 10.2. The third kappa shape index (κ3) is 5.67. The molecular formula is C44H22N4. The van der Waals surface area contributed by atoms with Crippen molar-refractivity contribution in [2.75, 3.05) is 0 Å². The smallest absolute Gasteiger partial charge is 0.0340 e. The van der Waals surface area contributed by atoms with Crippen molar-refractivity contribution in [1.29, 1.82) is 0 Å². The fraction of sp³-hybridized carbons (Fsp3) is 0. The predicted molar refractivity (Wildman–Crippen MR) is 191 cm³/mol. The summed E-state index contributed by atoms with van der Waals surface area (Å²) in [6.45, 7) is 0. The number of hydrogen-bond acceptors (Lipinski definition) is 4. The lowest BCUT2D eigenvalue weighted by Gasteiger charge is -2.16. The van der Waals surface area contributed by atoms with E-state index in [-0.39, 0.29) is 0 Å². The van der Waals surface area contributed by atoms with Crippen molar-refractivity contribution < 1.29 is 0 Å². The zero-order valence-electron chi connectivity index (χ0n) is 25.5. The highest BCUT2D eigenvalue weighted by molar-refractivity contribution is 6.26. The van der Waals surface area contributed by atoms with Gasteiger partial charge in [0.05, 0.1) is 0 Å². The standard InChI is InChI=1S/C44H22N4/c1(31-13-21-45-22-14-31)5-35-29-36(6-2-32-15-23-46-24-16-32)40-11-12-42-38(8-4-34-19-27-48-28-20-34)30-37(7-3-33-17-25-47-26-18-33)41-10-9-39(35)43(40)44(41)42/h9-30H. The Hall–Kier alpha value is -7.24. The fourth-order valence-electron chi connectivity index (χ4n) is 5.71. The summed E-state index contributed by atoms with van der Waals surface area (Å²) in [6.07, 6.45) is 14.0. The van der Waals surface area contributed by atoms with Crippen LogP contribution >= 0.6 is 0 Å². The van der Waals surface area contributed by atoms with Crippen LogP contribution in [0.25, 0.3) is 32.3 Å². The highest BCUT2D eigenvalue weighted by Gasteiger charge is 2.17. The molecule has 0 spiro atoms. The van der Waals surface area contributed by atoms with Crippen LogP contribution in [-0.4, -0.2) is 19.9 Å². The van der Waals surface area contributed by atoms with Crippen molar-refractivity contribution in [2.45, 2.75) is 0 Å². The first-order chi connectivity index (χ1) is 23.8. The molecule has 0 amide bonds. The highest BCUT2D eigenvalue weighted by Crippen LogP contribution is 2.40. The van der Waals surface area contributed by atoms with Gasteiger partial charge in [-0.2, -0.15) is 0 Å². The van der Waals surface area contributed by atoms with Gasteiger partial charge in [-0.25, -0.2) is 0 Å². The molecule has 0 radical (unpaired) electrons. The van der Waals surface area contributed by atoms with E-state index in [4.69, 9.17) is 0 Å². The SMILES string of the molecule is C(#Cc1cc(C#Cc2ccncc2)c2ccc3c(C#Cc4ccncc4)cc(C#Cc4ccncc4)c4ccc1c2c43)c1ccncc1. The Morgan fingerprint density at radius 2 is 0.500 bits per heavy atom. The van der Waals surface area contributed by atoms with Gasteiger partial charge in [-0.1, -0.05) is 71.6 Å². The highest BCUT2D eigenvalue weighted by atomic mass is 14.6. The lowest BCUT2D eigenvalue weighted by Crippen LogP contribution is -1.94. The van der Waals surface area contributed by atoms with Gasteiger partial charge in [0.2, 0.25) is 0 Å². The van der Waals surface area contributed by atoms with E-state index >= 15 is 0 Å². The van der Waals surface area contributed by atoms with E-state index in [1.165, 1.54) is 0 Å². The van der Waals surface area contributed by atoms with Gasteiger partial charge < -0.3 is 0 Å². The molecule has 4 aromatic heterocycles. The first-order valence-corrected chi connectivity index (χ1v) is 15.3. The van der Waals surface area contributed by atoms with Gasteiger partial charge in [-0.15, -0.1) is 0 Å². The molecule has 0 aliphatic carbocycles. The first kappa shape index (κ1) is 28.2. The maximum Gasteiger partial charge on any atom is 0.0340 e. The van der Waals surface area contributed by atoms with Crippen molar-refractivity contribution in [3.8, 4) is 47.4 Å². The van der Waals surface area contributed by atoms with Crippen molar-refractivity contribution in [3.63, 3.8) is 0 Å². The van der Waals surface area contributed by atoms with E-state index in [1.54, 1.807) is 49.6 Å². The van der Waals surface area contributed by atoms with Crippen molar-refractivity contribution >= 4 is 32.3 Å². The summed E-state index contributed by atoms with van der Waals surface area (Å²) in [5.41, 5.74) is 7.14. The van der Waals surface area contributed by atoms with Crippen LogP contribution in [-0.2, 0) is 0 Å². The Kier molecular flexibility index (Phi) is 7.44. The Morgan fingerprint density at radius 1 is 0.271 bits per heavy atom. The molecule has 218 valence electrons. The lowest BCUT2D eigenvalue weighted by molar-refractivity contribution is 1.32. The molecule has 4 heteroatoms. The van der Waals surface area contributed by atoms with Crippen molar-refractivity contribution in [3.05, 3.63) is 179 Å². The monoisotopic (exact) mass is 606 g/mol. The summed E-state index contributed by atoms with van der Waals surface area (Å²) in [4.78, 5) is 16.6. The van der Waals surface area contributed by atoms with Gasteiger partial charge in [-0.3, -0.25) is 19.9 Å². The number of pyridine rings is 4. The van der Waals surface area contributed by atoms with Crippen molar-refractivity contribution in [2.24, 2.45) is 0 Å². The number of rotatable bonds is 0. The average molecular weight is 607 g/mol. The second-order valence-electron chi connectivity index (χ2n) is 11.0. The summed E-state index contributed by atoms with van der Waals surface area (Å²) in [7, 11) is 0. The van der Waals surface area contributed by atoms with Crippen LogP contribution in [0.3, 0.4) is 0 Å². The third-order valence-corrected chi connectivity index (χ3v) is 7.99. The van der Waals surface area contributed by atoms with Crippen LogP contribution in [0.1, 0.15) is 44.5 Å². The molecule has 8 rings (SSSR count). The van der Waals surface area contributed by atoms with Gasteiger partial charge in [0.25, 0.3) is 0 Å². The number of aromatic nitrogens is 4. The van der Waals surface area contributed by atoms with Crippen LogP contribution in [0.2, 0.25) is 0 Å². The summed E-state index contributed by atoms with van der Waals surface area (Å²) >= 11 is 0. The molecule has 0 bridgehead atoms. The molecule has 4 aromatic carbocycles. The second-order valence-corrected chi connectivity index (χ2v) is 11.0. The van der Waals surface area contributed by atoms with E-state index in [0.29, 0.717) is 0 Å². The Labute approximate surface area is 277 Å². The minimum Gasteiger partial charge on any atom is -0.265 e. The van der Waals surface area contributed by atoms with Gasteiger partial charge in [0.1, 0.15) is 0 Å². The summed E-state index contributed by atoms with van der Waals surface area (Å²) in [5, 5.41) is 6.37. The van der Waals surface area contributed by atoms with E-state index in [1.807, 2.05) is 48.5 Å². The van der Waals surface area contributed by atoms with Crippen molar-refractivity contribution in [1.82, 2.24) is 19.9 Å². The van der Waals surface area contributed by atoms with E-state index in [0.717, 1.165) is 76.8 Å². The molecule has 0 saturated carbocycles. The lowest BCUT2D eigenvalue weighted by atomic mass is 9.86. The molecule has 4 heterocycles. The molecule has 0 saturated heterocycles. The zero-order chi connectivity index (χ0) is 32.1. The Balaban J connectivity index is 1.44. The molecule has 0 fully saturated rings. The van der Waals surface area contributed by atoms with Gasteiger partial charge in [0.15, 0.2) is 0 Å². The summed E-state index contributed by atoms with van der Waals surface area (Å²) in [6, 6.07) is 28.1. The molecule has 0 aliphatic heterocycles. The van der Waals surface area contributed by atoms with Crippen LogP contribution < -0.4 is 0 Å². The number of nitrogens with zero attached hydrogens (tertiary/aromatic N) is 4. The van der Waals surface area contributed by atoms with E-state index in [9.17, 15) is 0 Å². The average Bonchev–Trinajstić information content (AvgIpc) is 3.16. The number of hydrogen-bond donors (Lipinski definition) is 0. The van der Waals surface area contributed by atoms with E-state index in [2.05, 4.69) is 104 Å². The zero-order valence-corrected chi connectivity index (χ0v) is 25.5. The Bertz CT molecular complexity index is 2330. The maximum absolute atomic E-state index is 4.14. The maximum atomic E-state index is 4.14. The van der Waals surface area contributed by atoms with Gasteiger partial charge in [-0.05, 0) is 93.0 Å². The summed E-state index contributed by atoms with van der Waals surface area (Å²) < 4.78 is 0. The van der Waals surface area contributed by atoms with Crippen LogP contribution in [0.4, 0.5) is 0 Å². The predicted octanol–water partition coefficient (Wildman–Crippen LogP) is 7.76. The molecular weight excluding hydrogens is 585 g/mol. The van der Waals surface area contributed by atoms with Gasteiger partial charge in [0, 0.05) is 94.1 Å². The summed E-state index contributed by atoms with van der Waals surface area (Å²) in [5.74, 6) is 27.2. The largest absolute Gasteiger partial charge is 0.265 e. The van der Waals surface area contributed by atoms with Crippen LogP contribution in [0.15, 0.2) is 135 Å². The molecule has 48 heavy (non-hydrogen) atoms. The fourth-order valence-corrected chi connectivity index (χ4v) is 5.71. The first-order valence-electron chi connectivity index (χ1n) is 15.3. The molecule has 0 unspecified atom stereocenters. The molecule has 0 atom stereocenters. The molecule has 0 aliphatic rings. The Morgan fingerprint density at radius 3 is 0.729 bits per heavy atom. The van der Waals surface area contributed by atoms with Gasteiger partial charge >= 0.3 is 0 Å². The second kappa shape index (κ2) is 12.6. The van der Waals surface area contributed by atoms with E-state index < -0.39 is 0 Å². The minimum absolute atomic E-state index is 0.891. The van der Waals surface area contributed by atoms with Crippen LogP contribution in [0, 0.1) is 47.4 Å². The number of benzene rings is 4. The minimum atomic E-state index is 0.891. The topological polar surface area (TPSA) is 51.6 Å². The molecule has 4 nitrogen and oxygen atoms in total. The molecule has 0 N–H and O–H groups in total. The quantitative estimate of drug-likeness (QED) is 0.131. The molecule has 8 aromatic rings. The third-order valence-electron chi connectivity index (χ3n) is 7.99. The van der Waals surface area contributed by atoms with Crippen LogP contribution in [0.5, 0.6) is 0 Å².